The highest BCUT2D eigenvalue weighted by Gasteiger charge is 2.14. The quantitative estimate of drug-likeness (QED) is 0.541. The Labute approximate surface area is 81.3 Å². The van der Waals surface area contributed by atoms with Crippen LogP contribution in [0.15, 0.2) is 17.3 Å². The van der Waals surface area contributed by atoms with Crippen LogP contribution in [0, 0.1) is 0 Å². The standard InChI is InChI=1S/C8H12N2O2S/c1-6(8(11)12-3)13-7-4-9-10(2)5-7/h4-6H,1-3H3. The highest BCUT2D eigenvalue weighted by atomic mass is 32.2. The van der Waals surface area contributed by atoms with Gasteiger partial charge in [0.15, 0.2) is 0 Å². The normalized spacial score (nSPS) is 12.5. The van der Waals surface area contributed by atoms with Gasteiger partial charge < -0.3 is 4.74 Å². The molecule has 72 valence electrons. The molecule has 1 aromatic heterocycles. The summed E-state index contributed by atoms with van der Waals surface area (Å²) >= 11 is 1.44. The lowest BCUT2D eigenvalue weighted by molar-refractivity contribution is -0.139. The molecule has 1 rings (SSSR count). The Bertz CT molecular complexity index is 298. The summed E-state index contributed by atoms with van der Waals surface area (Å²) < 4.78 is 6.30. The number of hydrogen-bond acceptors (Lipinski definition) is 4. The largest absolute Gasteiger partial charge is 0.468 e. The first-order valence-corrected chi connectivity index (χ1v) is 4.74. The fourth-order valence-corrected chi connectivity index (χ4v) is 1.80. The predicted octanol–water partition coefficient (Wildman–Crippen LogP) is 1.07. The topological polar surface area (TPSA) is 44.1 Å². The number of aryl methyl sites for hydroxylation is 1. The van der Waals surface area contributed by atoms with Gasteiger partial charge in [-0.05, 0) is 6.92 Å². The molecule has 0 saturated carbocycles. The number of methoxy groups -OCH3 is 1. The molecule has 0 aliphatic heterocycles. The molecule has 1 atom stereocenters. The zero-order valence-electron chi connectivity index (χ0n) is 7.85. The molecular formula is C8H12N2O2S. The van der Waals surface area contributed by atoms with Gasteiger partial charge in [-0.25, -0.2) is 0 Å². The van der Waals surface area contributed by atoms with Crippen LogP contribution in [0.25, 0.3) is 0 Å². The maximum atomic E-state index is 11.1. The van der Waals surface area contributed by atoms with E-state index in [1.807, 2.05) is 20.2 Å². The summed E-state index contributed by atoms with van der Waals surface area (Å²) in [6.07, 6.45) is 3.59. The molecule has 1 heterocycles. The van der Waals surface area contributed by atoms with Crippen molar-refractivity contribution in [3.8, 4) is 0 Å². The van der Waals surface area contributed by atoms with E-state index in [0.29, 0.717) is 0 Å². The Morgan fingerprint density at radius 2 is 2.46 bits per heavy atom. The zero-order valence-corrected chi connectivity index (χ0v) is 8.67. The molecule has 0 aromatic carbocycles. The SMILES string of the molecule is COC(=O)C(C)Sc1cnn(C)c1. The average Bonchev–Trinajstić information content (AvgIpc) is 2.49. The number of esters is 1. The van der Waals surface area contributed by atoms with E-state index in [1.165, 1.54) is 18.9 Å². The van der Waals surface area contributed by atoms with Crippen LogP contribution in [-0.2, 0) is 16.6 Å². The Kier molecular flexibility index (Phi) is 3.36. The van der Waals surface area contributed by atoms with E-state index in [-0.39, 0.29) is 11.2 Å². The second kappa shape index (κ2) is 4.32. The smallest absolute Gasteiger partial charge is 0.318 e. The van der Waals surface area contributed by atoms with Gasteiger partial charge in [0.2, 0.25) is 0 Å². The second-order valence-electron chi connectivity index (χ2n) is 2.63. The van der Waals surface area contributed by atoms with Gasteiger partial charge in [0.05, 0.1) is 13.3 Å². The van der Waals surface area contributed by atoms with E-state index in [2.05, 4.69) is 9.84 Å². The van der Waals surface area contributed by atoms with E-state index < -0.39 is 0 Å². The maximum absolute atomic E-state index is 11.1. The lowest BCUT2D eigenvalue weighted by Gasteiger charge is -2.05. The van der Waals surface area contributed by atoms with Crippen molar-refractivity contribution in [1.29, 1.82) is 0 Å². The molecule has 13 heavy (non-hydrogen) atoms. The number of nitrogens with zero attached hydrogens (tertiary/aromatic N) is 2. The van der Waals surface area contributed by atoms with Crippen LogP contribution in [0.4, 0.5) is 0 Å². The third-order valence-electron chi connectivity index (χ3n) is 1.53. The van der Waals surface area contributed by atoms with Crippen molar-refractivity contribution < 1.29 is 9.53 Å². The van der Waals surface area contributed by atoms with Crippen LogP contribution in [0.3, 0.4) is 0 Å². The van der Waals surface area contributed by atoms with Crippen molar-refractivity contribution in [2.45, 2.75) is 17.1 Å². The molecule has 0 aliphatic rings. The molecule has 5 heteroatoms. The molecule has 0 radical (unpaired) electrons. The van der Waals surface area contributed by atoms with Gasteiger partial charge in [-0.3, -0.25) is 9.48 Å². The highest BCUT2D eigenvalue weighted by Crippen LogP contribution is 2.22. The van der Waals surface area contributed by atoms with Crippen LogP contribution in [0.5, 0.6) is 0 Å². The van der Waals surface area contributed by atoms with Crippen molar-refractivity contribution in [3.63, 3.8) is 0 Å². The monoisotopic (exact) mass is 200 g/mol. The Hall–Kier alpha value is -0.970. The molecule has 0 spiro atoms. The van der Waals surface area contributed by atoms with Crippen molar-refractivity contribution in [1.82, 2.24) is 9.78 Å². The number of hydrogen-bond donors (Lipinski definition) is 0. The minimum atomic E-state index is -0.214. The third-order valence-corrected chi connectivity index (χ3v) is 2.56. The fourth-order valence-electron chi connectivity index (χ4n) is 0.878. The Balaban J connectivity index is 2.54. The van der Waals surface area contributed by atoms with Crippen molar-refractivity contribution in [2.75, 3.05) is 7.11 Å². The second-order valence-corrected chi connectivity index (χ2v) is 4.05. The predicted molar refractivity (Wildman–Crippen MR) is 50.5 cm³/mol. The number of ether oxygens (including phenoxy) is 1. The first-order chi connectivity index (χ1) is 6.13. The first kappa shape index (κ1) is 10.1. The number of rotatable bonds is 3. The molecule has 4 nitrogen and oxygen atoms in total. The molecule has 1 aromatic rings. The molecule has 1 unspecified atom stereocenters. The van der Waals surface area contributed by atoms with Gasteiger partial charge in [0, 0.05) is 18.1 Å². The number of thioether (sulfide) groups is 1. The van der Waals surface area contributed by atoms with E-state index in [9.17, 15) is 4.79 Å². The first-order valence-electron chi connectivity index (χ1n) is 3.86. The fraction of sp³-hybridized carbons (Fsp3) is 0.500. The molecule has 0 amide bonds. The zero-order chi connectivity index (χ0) is 9.84. The number of aromatic nitrogens is 2. The molecule has 0 bridgehead atoms. The van der Waals surface area contributed by atoms with Crippen LogP contribution >= 0.6 is 11.8 Å². The number of carbonyl (C=O) groups excluding carboxylic acids is 1. The van der Waals surface area contributed by atoms with E-state index in [4.69, 9.17) is 0 Å². The van der Waals surface area contributed by atoms with Gasteiger partial charge >= 0.3 is 5.97 Å². The van der Waals surface area contributed by atoms with Crippen molar-refractivity contribution in [2.24, 2.45) is 7.05 Å². The van der Waals surface area contributed by atoms with Gasteiger partial charge in [-0.2, -0.15) is 5.10 Å². The Morgan fingerprint density at radius 1 is 1.77 bits per heavy atom. The summed E-state index contributed by atoms with van der Waals surface area (Å²) in [5.41, 5.74) is 0. The van der Waals surface area contributed by atoms with E-state index >= 15 is 0 Å². The summed E-state index contributed by atoms with van der Waals surface area (Å²) in [4.78, 5) is 12.0. The molecule has 0 saturated heterocycles. The highest BCUT2D eigenvalue weighted by molar-refractivity contribution is 8.00. The summed E-state index contributed by atoms with van der Waals surface area (Å²) in [5, 5.41) is 3.81. The van der Waals surface area contributed by atoms with Crippen LogP contribution in [0.2, 0.25) is 0 Å². The maximum Gasteiger partial charge on any atom is 0.318 e. The van der Waals surface area contributed by atoms with Crippen LogP contribution < -0.4 is 0 Å². The molecule has 0 fully saturated rings. The van der Waals surface area contributed by atoms with Gasteiger partial charge in [-0.1, -0.05) is 0 Å². The average molecular weight is 200 g/mol. The van der Waals surface area contributed by atoms with Crippen LogP contribution in [-0.4, -0.2) is 28.1 Å². The Morgan fingerprint density at radius 3 is 2.92 bits per heavy atom. The third kappa shape index (κ3) is 2.77. The summed E-state index contributed by atoms with van der Waals surface area (Å²) in [7, 11) is 3.23. The molecule has 0 N–H and O–H groups in total. The van der Waals surface area contributed by atoms with Crippen molar-refractivity contribution in [3.05, 3.63) is 12.4 Å². The summed E-state index contributed by atoms with van der Waals surface area (Å²) in [5.74, 6) is -0.214. The summed E-state index contributed by atoms with van der Waals surface area (Å²) in [6, 6.07) is 0. The minimum absolute atomic E-state index is 0.186. The van der Waals surface area contributed by atoms with E-state index in [1.54, 1.807) is 10.9 Å². The number of carbonyl (C=O) groups is 1. The lowest BCUT2D eigenvalue weighted by Crippen LogP contribution is -2.14. The van der Waals surface area contributed by atoms with Crippen LogP contribution in [0.1, 0.15) is 6.92 Å². The minimum Gasteiger partial charge on any atom is -0.468 e. The van der Waals surface area contributed by atoms with E-state index in [0.717, 1.165) is 4.90 Å². The van der Waals surface area contributed by atoms with Crippen molar-refractivity contribution >= 4 is 17.7 Å². The van der Waals surface area contributed by atoms with Gasteiger partial charge in [0.25, 0.3) is 0 Å². The molecule has 0 aliphatic carbocycles. The molecular weight excluding hydrogens is 188 g/mol. The summed E-state index contributed by atoms with van der Waals surface area (Å²) in [6.45, 7) is 1.81. The lowest BCUT2D eigenvalue weighted by atomic mass is 10.5. The van der Waals surface area contributed by atoms with Gasteiger partial charge in [0.1, 0.15) is 5.25 Å². The van der Waals surface area contributed by atoms with Gasteiger partial charge in [-0.15, -0.1) is 11.8 Å².